The average molecular weight is 256 g/mol. The van der Waals surface area contributed by atoms with Crippen molar-refractivity contribution in [3.8, 4) is 5.75 Å². The summed E-state index contributed by atoms with van der Waals surface area (Å²) < 4.78 is 5.65. The van der Waals surface area contributed by atoms with E-state index in [0.717, 1.165) is 11.3 Å². The minimum absolute atomic E-state index is 0.308. The Balaban J connectivity index is 2.03. The van der Waals surface area contributed by atoms with Gasteiger partial charge in [0.05, 0.1) is 0 Å². The molecular formula is C15H16N2O2. The molecule has 0 radical (unpaired) electrons. The first-order valence-corrected chi connectivity index (χ1v) is 5.98. The van der Waals surface area contributed by atoms with Crippen molar-refractivity contribution in [1.82, 2.24) is 5.43 Å². The zero-order chi connectivity index (χ0) is 13.7. The first kappa shape index (κ1) is 13.1. The molecule has 0 atom stereocenters. The Bertz CT molecular complexity index is 565. The van der Waals surface area contributed by atoms with E-state index in [9.17, 15) is 4.79 Å². The Morgan fingerprint density at radius 3 is 2.63 bits per heavy atom. The first-order chi connectivity index (χ1) is 9.19. The van der Waals surface area contributed by atoms with Gasteiger partial charge in [0, 0.05) is 5.56 Å². The topological polar surface area (TPSA) is 64.3 Å². The molecule has 2 aromatic rings. The molecular weight excluding hydrogens is 240 g/mol. The fourth-order valence-corrected chi connectivity index (χ4v) is 1.69. The number of hydrogen-bond donors (Lipinski definition) is 2. The van der Waals surface area contributed by atoms with Crippen molar-refractivity contribution < 1.29 is 9.53 Å². The summed E-state index contributed by atoms with van der Waals surface area (Å²) in [6.45, 7) is 2.44. The molecule has 0 aliphatic heterocycles. The lowest BCUT2D eigenvalue weighted by molar-refractivity contribution is 0.0953. The maximum atomic E-state index is 11.4. The number of ether oxygens (including phenoxy) is 1. The fraction of sp³-hybridized carbons (Fsp3) is 0.133. The van der Waals surface area contributed by atoms with Gasteiger partial charge in [-0.25, -0.2) is 5.84 Å². The van der Waals surface area contributed by atoms with Crippen LogP contribution in [0.25, 0.3) is 0 Å². The number of aryl methyl sites for hydroxylation is 1. The van der Waals surface area contributed by atoms with E-state index in [1.54, 1.807) is 18.2 Å². The SMILES string of the molecule is Cc1ccc(OCc2cccc(C(=O)NN)c2)cc1. The van der Waals surface area contributed by atoms with Crippen LogP contribution in [-0.4, -0.2) is 5.91 Å². The number of nitrogens with one attached hydrogen (secondary N) is 1. The molecule has 0 fully saturated rings. The van der Waals surface area contributed by atoms with E-state index in [1.165, 1.54) is 5.56 Å². The highest BCUT2D eigenvalue weighted by Gasteiger charge is 2.04. The number of carbonyl (C=O) groups is 1. The van der Waals surface area contributed by atoms with Gasteiger partial charge >= 0.3 is 0 Å². The van der Waals surface area contributed by atoms with Crippen molar-refractivity contribution in [2.75, 3.05) is 0 Å². The molecule has 1 amide bonds. The lowest BCUT2D eigenvalue weighted by Crippen LogP contribution is -2.30. The van der Waals surface area contributed by atoms with Crippen molar-refractivity contribution in [2.24, 2.45) is 5.84 Å². The summed E-state index contributed by atoms with van der Waals surface area (Å²) in [4.78, 5) is 11.4. The summed E-state index contributed by atoms with van der Waals surface area (Å²) in [5.74, 6) is 5.60. The Labute approximate surface area is 112 Å². The molecule has 2 aromatic carbocycles. The molecule has 0 aromatic heterocycles. The number of hydrazine groups is 1. The van der Waals surface area contributed by atoms with Gasteiger partial charge in [-0.05, 0) is 36.8 Å². The third kappa shape index (κ3) is 3.56. The summed E-state index contributed by atoms with van der Waals surface area (Å²) in [5.41, 5.74) is 4.74. The molecule has 19 heavy (non-hydrogen) atoms. The van der Waals surface area contributed by atoms with Crippen LogP contribution in [0.5, 0.6) is 5.75 Å². The lowest BCUT2D eigenvalue weighted by Gasteiger charge is -2.07. The van der Waals surface area contributed by atoms with Gasteiger partial charge in [-0.2, -0.15) is 0 Å². The highest BCUT2D eigenvalue weighted by molar-refractivity contribution is 5.93. The molecule has 4 nitrogen and oxygen atoms in total. The zero-order valence-corrected chi connectivity index (χ0v) is 10.7. The van der Waals surface area contributed by atoms with Crippen molar-refractivity contribution in [1.29, 1.82) is 0 Å². The van der Waals surface area contributed by atoms with E-state index in [2.05, 4.69) is 5.43 Å². The van der Waals surface area contributed by atoms with Gasteiger partial charge in [-0.15, -0.1) is 0 Å². The van der Waals surface area contributed by atoms with Crippen LogP contribution in [0.1, 0.15) is 21.5 Å². The monoisotopic (exact) mass is 256 g/mol. The second-order valence-electron chi connectivity index (χ2n) is 4.28. The van der Waals surface area contributed by atoms with Crippen molar-refractivity contribution >= 4 is 5.91 Å². The summed E-state index contributed by atoms with van der Waals surface area (Å²) in [6.07, 6.45) is 0. The van der Waals surface area contributed by atoms with Gasteiger partial charge < -0.3 is 4.74 Å². The van der Waals surface area contributed by atoms with Gasteiger partial charge in [-0.3, -0.25) is 10.2 Å². The van der Waals surface area contributed by atoms with Crippen LogP contribution in [0.4, 0.5) is 0 Å². The van der Waals surface area contributed by atoms with E-state index in [4.69, 9.17) is 10.6 Å². The summed E-state index contributed by atoms with van der Waals surface area (Å²) in [5, 5.41) is 0. The van der Waals surface area contributed by atoms with E-state index < -0.39 is 0 Å². The smallest absolute Gasteiger partial charge is 0.265 e. The number of carbonyl (C=O) groups excluding carboxylic acids is 1. The lowest BCUT2D eigenvalue weighted by atomic mass is 10.1. The van der Waals surface area contributed by atoms with Gasteiger partial charge in [0.2, 0.25) is 0 Å². The fourth-order valence-electron chi connectivity index (χ4n) is 1.69. The van der Waals surface area contributed by atoms with E-state index in [-0.39, 0.29) is 5.91 Å². The molecule has 0 heterocycles. The highest BCUT2D eigenvalue weighted by Crippen LogP contribution is 2.14. The molecule has 98 valence electrons. The number of rotatable bonds is 4. The van der Waals surface area contributed by atoms with Crippen LogP contribution in [0.3, 0.4) is 0 Å². The minimum Gasteiger partial charge on any atom is -0.489 e. The second-order valence-corrected chi connectivity index (χ2v) is 4.28. The molecule has 0 bridgehead atoms. The van der Waals surface area contributed by atoms with Crippen molar-refractivity contribution in [3.63, 3.8) is 0 Å². The van der Waals surface area contributed by atoms with Crippen molar-refractivity contribution in [3.05, 3.63) is 65.2 Å². The normalized spacial score (nSPS) is 10.0. The summed E-state index contributed by atoms with van der Waals surface area (Å²) in [6, 6.07) is 15.0. The maximum absolute atomic E-state index is 11.4. The van der Waals surface area contributed by atoms with Crippen LogP contribution < -0.4 is 16.0 Å². The Morgan fingerprint density at radius 1 is 1.21 bits per heavy atom. The second kappa shape index (κ2) is 6.02. The zero-order valence-electron chi connectivity index (χ0n) is 10.7. The largest absolute Gasteiger partial charge is 0.489 e. The molecule has 0 saturated heterocycles. The first-order valence-electron chi connectivity index (χ1n) is 5.98. The maximum Gasteiger partial charge on any atom is 0.265 e. The number of amides is 1. The molecule has 4 heteroatoms. The predicted molar refractivity (Wildman–Crippen MR) is 73.6 cm³/mol. The molecule has 0 aliphatic rings. The van der Waals surface area contributed by atoms with E-state index in [1.807, 2.05) is 37.3 Å². The molecule has 0 aliphatic carbocycles. The predicted octanol–water partition coefficient (Wildman–Crippen LogP) is 2.18. The van der Waals surface area contributed by atoms with Crippen LogP contribution in [0.15, 0.2) is 48.5 Å². The van der Waals surface area contributed by atoms with Crippen LogP contribution >= 0.6 is 0 Å². The number of nitrogens with two attached hydrogens (primary N) is 1. The van der Waals surface area contributed by atoms with E-state index >= 15 is 0 Å². The number of hydrogen-bond acceptors (Lipinski definition) is 3. The van der Waals surface area contributed by atoms with Crippen LogP contribution in [-0.2, 0) is 6.61 Å². The third-order valence-electron chi connectivity index (χ3n) is 2.75. The standard InChI is InChI=1S/C15H16N2O2/c1-11-5-7-14(8-6-11)19-10-12-3-2-4-13(9-12)15(18)17-16/h2-9H,10,16H2,1H3,(H,17,18). The van der Waals surface area contributed by atoms with Gasteiger partial charge in [-0.1, -0.05) is 29.8 Å². The van der Waals surface area contributed by atoms with Gasteiger partial charge in [0.1, 0.15) is 12.4 Å². The van der Waals surface area contributed by atoms with Crippen LogP contribution in [0, 0.1) is 6.92 Å². The van der Waals surface area contributed by atoms with Crippen molar-refractivity contribution in [2.45, 2.75) is 13.5 Å². The Morgan fingerprint density at radius 2 is 1.95 bits per heavy atom. The number of nitrogen functional groups attached to an aromatic ring is 1. The van der Waals surface area contributed by atoms with Gasteiger partial charge in [0.15, 0.2) is 0 Å². The number of benzene rings is 2. The summed E-state index contributed by atoms with van der Waals surface area (Å²) >= 11 is 0. The molecule has 3 N–H and O–H groups in total. The Hall–Kier alpha value is -2.33. The van der Waals surface area contributed by atoms with Crippen LogP contribution in [0.2, 0.25) is 0 Å². The molecule has 0 unspecified atom stereocenters. The quantitative estimate of drug-likeness (QED) is 0.500. The molecule has 0 spiro atoms. The van der Waals surface area contributed by atoms with Gasteiger partial charge in [0.25, 0.3) is 5.91 Å². The average Bonchev–Trinajstić information content (AvgIpc) is 2.46. The highest BCUT2D eigenvalue weighted by atomic mass is 16.5. The molecule has 2 rings (SSSR count). The third-order valence-corrected chi connectivity index (χ3v) is 2.75. The minimum atomic E-state index is -0.308. The summed E-state index contributed by atoms with van der Waals surface area (Å²) in [7, 11) is 0. The molecule has 0 saturated carbocycles. The Kier molecular flexibility index (Phi) is 4.15. The van der Waals surface area contributed by atoms with E-state index in [0.29, 0.717) is 12.2 Å².